The molecule has 29 heavy (non-hydrogen) atoms. The fourth-order valence-corrected chi connectivity index (χ4v) is 3.87. The molecule has 0 aliphatic carbocycles. The third-order valence-corrected chi connectivity index (χ3v) is 5.26. The van der Waals surface area contributed by atoms with E-state index in [2.05, 4.69) is 80.9 Å². The van der Waals surface area contributed by atoms with E-state index >= 15 is 0 Å². The molecule has 0 bridgehead atoms. The highest BCUT2D eigenvalue weighted by Gasteiger charge is 2.27. The molecule has 150 valence electrons. The normalized spacial score (nSPS) is 15.5. The summed E-state index contributed by atoms with van der Waals surface area (Å²) in [4.78, 5) is 17.0. The van der Waals surface area contributed by atoms with Crippen molar-refractivity contribution in [2.75, 3.05) is 38.0 Å². The van der Waals surface area contributed by atoms with E-state index in [0.717, 1.165) is 31.9 Å². The molecule has 2 aromatic carbocycles. The van der Waals surface area contributed by atoms with Crippen LogP contribution in [0, 0.1) is 6.92 Å². The van der Waals surface area contributed by atoms with Crippen LogP contribution in [0.15, 0.2) is 71.3 Å². The smallest absolute Gasteiger partial charge is 0.240 e. The first kappa shape index (κ1) is 19.4. The topological polar surface area (TPSA) is 61.6 Å². The number of carbonyl (C=O) groups excluding carboxylic acids is 1. The lowest BCUT2D eigenvalue weighted by molar-refractivity contribution is -0.117. The highest BCUT2D eigenvalue weighted by molar-refractivity contribution is 5.90. The number of nitrogens with zero attached hydrogens (tertiary/aromatic N) is 3. The Kier molecular flexibility index (Phi) is 6.03. The van der Waals surface area contributed by atoms with Gasteiger partial charge in [-0.15, -0.1) is 0 Å². The van der Waals surface area contributed by atoms with E-state index in [4.69, 9.17) is 4.52 Å². The Morgan fingerprint density at radius 3 is 2.10 bits per heavy atom. The number of piperazine rings is 1. The number of amides is 1. The summed E-state index contributed by atoms with van der Waals surface area (Å²) in [6.45, 7) is 5.69. The van der Waals surface area contributed by atoms with Gasteiger partial charge in [-0.3, -0.25) is 19.9 Å². The van der Waals surface area contributed by atoms with E-state index in [-0.39, 0.29) is 11.9 Å². The third-order valence-electron chi connectivity index (χ3n) is 5.26. The molecule has 1 N–H and O–H groups in total. The van der Waals surface area contributed by atoms with Crippen LogP contribution < -0.4 is 5.32 Å². The first-order valence-corrected chi connectivity index (χ1v) is 9.98. The minimum atomic E-state index is -0.0720. The second-order valence-electron chi connectivity index (χ2n) is 7.42. The maximum Gasteiger partial charge on any atom is 0.240 e. The van der Waals surface area contributed by atoms with Crippen LogP contribution >= 0.6 is 0 Å². The summed E-state index contributed by atoms with van der Waals surface area (Å²) in [5.41, 5.74) is 3.35. The number of hydrogen-bond acceptors (Lipinski definition) is 5. The van der Waals surface area contributed by atoms with Crippen LogP contribution in [0.4, 0.5) is 5.88 Å². The van der Waals surface area contributed by atoms with Crippen LogP contribution in [-0.4, -0.2) is 53.6 Å². The number of rotatable bonds is 6. The fraction of sp³-hybridized carbons (Fsp3) is 0.304. The van der Waals surface area contributed by atoms with Crippen molar-refractivity contribution in [1.82, 2.24) is 15.0 Å². The molecule has 3 aromatic rings. The van der Waals surface area contributed by atoms with Gasteiger partial charge in [-0.1, -0.05) is 65.8 Å². The number of aryl methyl sites for hydroxylation is 1. The van der Waals surface area contributed by atoms with Crippen LogP contribution in [0.1, 0.15) is 22.9 Å². The fourth-order valence-electron chi connectivity index (χ4n) is 3.87. The van der Waals surface area contributed by atoms with Crippen LogP contribution in [0.25, 0.3) is 0 Å². The Morgan fingerprint density at radius 1 is 1.00 bits per heavy atom. The monoisotopic (exact) mass is 390 g/mol. The van der Waals surface area contributed by atoms with Crippen LogP contribution in [0.2, 0.25) is 0 Å². The lowest BCUT2D eigenvalue weighted by Crippen LogP contribution is -2.49. The largest absolute Gasteiger partial charge is 0.338 e. The van der Waals surface area contributed by atoms with Crippen molar-refractivity contribution >= 4 is 11.8 Å². The Bertz CT molecular complexity index is 879. The molecule has 1 fully saturated rings. The summed E-state index contributed by atoms with van der Waals surface area (Å²) in [6, 6.07) is 23.2. The van der Waals surface area contributed by atoms with E-state index in [1.165, 1.54) is 11.1 Å². The summed E-state index contributed by atoms with van der Waals surface area (Å²) in [6.07, 6.45) is 0. The summed E-state index contributed by atoms with van der Waals surface area (Å²) < 4.78 is 5.06. The Hall–Kier alpha value is -2.96. The van der Waals surface area contributed by atoms with Gasteiger partial charge in [0.05, 0.1) is 18.3 Å². The molecule has 1 amide bonds. The molecule has 0 unspecified atom stereocenters. The molecule has 0 saturated carbocycles. The molecule has 0 spiro atoms. The van der Waals surface area contributed by atoms with E-state index in [0.29, 0.717) is 12.4 Å². The van der Waals surface area contributed by atoms with Crippen molar-refractivity contribution in [3.8, 4) is 0 Å². The maximum absolute atomic E-state index is 12.3. The molecular weight excluding hydrogens is 364 g/mol. The number of carbonyl (C=O) groups is 1. The molecule has 6 nitrogen and oxygen atoms in total. The Labute approximate surface area is 171 Å². The SMILES string of the molecule is Cc1cc(NC(=O)CN2CCN(C(c3ccccc3)c3ccccc3)CC2)on1. The van der Waals surface area contributed by atoms with E-state index in [1.54, 1.807) is 6.07 Å². The molecule has 0 radical (unpaired) electrons. The average molecular weight is 390 g/mol. The predicted octanol–water partition coefficient (Wildman–Crippen LogP) is 3.33. The second-order valence-corrected chi connectivity index (χ2v) is 7.42. The quantitative estimate of drug-likeness (QED) is 0.700. The third kappa shape index (κ3) is 4.91. The maximum atomic E-state index is 12.3. The van der Waals surface area contributed by atoms with E-state index in [9.17, 15) is 4.79 Å². The van der Waals surface area contributed by atoms with Gasteiger partial charge in [0.25, 0.3) is 0 Å². The number of hydrogen-bond donors (Lipinski definition) is 1. The van der Waals surface area contributed by atoms with Gasteiger partial charge < -0.3 is 4.52 Å². The van der Waals surface area contributed by atoms with Crippen molar-refractivity contribution in [2.45, 2.75) is 13.0 Å². The number of benzene rings is 2. The van der Waals surface area contributed by atoms with Gasteiger partial charge in [0.15, 0.2) is 0 Å². The molecule has 0 atom stereocenters. The summed E-state index contributed by atoms with van der Waals surface area (Å²) in [5.74, 6) is 0.330. The standard InChI is InChI=1S/C23H26N4O2/c1-18-16-22(29-25-18)24-21(28)17-26-12-14-27(15-13-26)23(19-8-4-2-5-9-19)20-10-6-3-7-11-20/h2-11,16,23H,12-15,17H2,1H3,(H,24,28). The summed E-state index contributed by atoms with van der Waals surface area (Å²) in [7, 11) is 0. The van der Waals surface area contributed by atoms with Crippen LogP contribution in [-0.2, 0) is 4.79 Å². The zero-order chi connectivity index (χ0) is 20.1. The van der Waals surface area contributed by atoms with Crippen molar-refractivity contribution in [1.29, 1.82) is 0 Å². The van der Waals surface area contributed by atoms with Gasteiger partial charge in [0.2, 0.25) is 11.8 Å². The van der Waals surface area contributed by atoms with Crippen LogP contribution in [0.3, 0.4) is 0 Å². The van der Waals surface area contributed by atoms with Gasteiger partial charge >= 0.3 is 0 Å². The van der Waals surface area contributed by atoms with Gasteiger partial charge in [0, 0.05) is 32.2 Å². The molecule has 1 aliphatic rings. The van der Waals surface area contributed by atoms with Crippen LogP contribution in [0.5, 0.6) is 0 Å². The Balaban J connectivity index is 1.38. The highest BCUT2D eigenvalue weighted by atomic mass is 16.5. The first-order valence-electron chi connectivity index (χ1n) is 9.98. The minimum Gasteiger partial charge on any atom is -0.338 e. The predicted molar refractivity (Wildman–Crippen MR) is 113 cm³/mol. The Morgan fingerprint density at radius 2 is 1.59 bits per heavy atom. The van der Waals surface area contributed by atoms with E-state index in [1.807, 2.05) is 6.92 Å². The molecule has 1 saturated heterocycles. The molecule has 6 heteroatoms. The molecule has 2 heterocycles. The van der Waals surface area contributed by atoms with Gasteiger partial charge in [-0.05, 0) is 18.1 Å². The number of anilines is 1. The molecule has 1 aromatic heterocycles. The number of nitrogens with one attached hydrogen (secondary N) is 1. The molecular formula is C23H26N4O2. The van der Waals surface area contributed by atoms with Gasteiger partial charge in [-0.2, -0.15) is 0 Å². The summed E-state index contributed by atoms with van der Waals surface area (Å²) >= 11 is 0. The highest BCUT2D eigenvalue weighted by Crippen LogP contribution is 2.29. The van der Waals surface area contributed by atoms with Crippen molar-refractivity contribution in [3.63, 3.8) is 0 Å². The van der Waals surface area contributed by atoms with Crippen molar-refractivity contribution < 1.29 is 9.32 Å². The number of aromatic nitrogens is 1. The lowest BCUT2D eigenvalue weighted by atomic mass is 9.96. The average Bonchev–Trinajstić information content (AvgIpc) is 3.15. The van der Waals surface area contributed by atoms with Gasteiger partial charge in [0.1, 0.15) is 0 Å². The molecule has 4 rings (SSSR count). The minimum absolute atomic E-state index is 0.0720. The van der Waals surface area contributed by atoms with Crippen molar-refractivity contribution in [3.05, 3.63) is 83.6 Å². The second kappa shape index (κ2) is 9.03. The zero-order valence-electron chi connectivity index (χ0n) is 16.6. The lowest BCUT2D eigenvalue weighted by Gasteiger charge is -2.39. The van der Waals surface area contributed by atoms with E-state index < -0.39 is 0 Å². The summed E-state index contributed by atoms with van der Waals surface area (Å²) in [5, 5.41) is 6.57. The molecule has 1 aliphatic heterocycles. The van der Waals surface area contributed by atoms with Gasteiger partial charge in [-0.25, -0.2) is 0 Å². The zero-order valence-corrected chi connectivity index (χ0v) is 16.6. The van der Waals surface area contributed by atoms with Crippen molar-refractivity contribution in [2.24, 2.45) is 0 Å². The first-order chi connectivity index (χ1) is 14.2.